The first-order valence-electron chi connectivity index (χ1n) is 7.38. The van der Waals surface area contributed by atoms with E-state index < -0.39 is 20.7 Å². The highest BCUT2D eigenvalue weighted by atomic mass is 32.2. The standard InChI is InChI=1S/C17H18N2O4S/c1-17(8-5-14(18)6-9-17)24(21,22)19-10-7-12-11-13(16(20)23-2)3-4-15(12)19/h3-8,10-11H,9,18H2,1-2H3. The first-order valence-corrected chi connectivity index (χ1v) is 8.82. The molecule has 1 aliphatic rings. The molecule has 3 rings (SSSR count). The molecular formula is C17H18N2O4S. The minimum atomic E-state index is -3.69. The number of nitrogens with zero attached hydrogens (tertiary/aromatic N) is 1. The molecule has 126 valence electrons. The smallest absolute Gasteiger partial charge is 0.337 e. The fourth-order valence-electron chi connectivity index (χ4n) is 2.72. The van der Waals surface area contributed by atoms with Crippen molar-refractivity contribution in [3.8, 4) is 0 Å². The van der Waals surface area contributed by atoms with Gasteiger partial charge in [0.05, 0.1) is 18.2 Å². The molecule has 1 heterocycles. The van der Waals surface area contributed by atoms with E-state index in [0.29, 0.717) is 28.6 Å². The summed E-state index contributed by atoms with van der Waals surface area (Å²) in [5.41, 5.74) is 7.14. The minimum absolute atomic E-state index is 0.303. The number of fused-ring (bicyclic) bond motifs is 1. The molecule has 1 unspecified atom stereocenters. The third-order valence-electron chi connectivity index (χ3n) is 4.30. The molecule has 7 heteroatoms. The summed E-state index contributed by atoms with van der Waals surface area (Å²) in [4.78, 5) is 11.6. The molecule has 0 aliphatic heterocycles. The maximum Gasteiger partial charge on any atom is 0.337 e. The number of benzene rings is 1. The quantitative estimate of drug-likeness (QED) is 0.860. The number of carbonyl (C=O) groups excluding carboxylic acids is 1. The van der Waals surface area contributed by atoms with E-state index in [4.69, 9.17) is 5.73 Å². The highest BCUT2D eigenvalue weighted by Gasteiger charge is 2.39. The summed E-state index contributed by atoms with van der Waals surface area (Å²) in [7, 11) is -2.39. The van der Waals surface area contributed by atoms with Gasteiger partial charge >= 0.3 is 5.97 Å². The Morgan fingerprint density at radius 1 is 1.33 bits per heavy atom. The molecule has 2 aromatic rings. The monoisotopic (exact) mass is 346 g/mol. The van der Waals surface area contributed by atoms with Crippen LogP contribution in [0.15, 0.2) is 54.4 Å². The lowest BCUT2D eigenvalue weighted by molar-refractivity contribution is 0.0601. The molecule has 24 heavy (non-hydrogen) atoms. The molecule has 2 N–H and O–H groups in total. The Kier molecular flexibility index (Phi) is 3.76. The molecule has 0 fully saturated rings. The predicted molar refractivity (Wildman–Crippen MR) is 92.0 cm³/mol. The van der Waals surface area contributed by atoms with E-state index in [9.17, 15) is 13.2 Å². The summed E-state index contributed by atoms with van der Waals surface area (Å²) < 4.78 is 31.1. The van der Waals surface area contributed by atoms with E-state index in [1.807, 2.05) is 0 Å². The number of hydrogen-bond acceptors (Lipinski definition) is 5. The number of carbonyl (C=O) groups is 1. The molecule has 6 nitrogen and oxygen atoms in total. The van der Waals surface area contributed by atoms with Crippen LogP contribution in [0.1, 0.15) is 23.7 Å². The van der Waals surface area contributed by atoms with Crippen LogP contribution in [0, 0.1) is 0 Å². The van der Waals surface area contributed by atoms with Crippen molar-refractivity contribution >= 4 is 26.9 Å². The van der Waals surface area contributed by atoms with Gasteiger partial charge < -0.3 is 10.5 Å². The van der Waals surface area contributed by atoms with Gasteiger partial charge in [-0.1, -0.05) is 12.2 Å². The maximum absolute atomic E-state index is 13.1. The normalized spacial score (nSPS) is 20.8. The molecule has 1 aliphatic carbocycles. The van der Waals surface area contributed by atoms with Crippen molar-refractivity contribution in [2.45, 2.75) is 18.1 Å². The highest BCUT2D eigenvalue weighted by Crippen LogP contribution is 2.32. The second-order valence-electron chi connectivity index (χ2n) is 5.94. The summed E-state index contributed by atoms with van der Waals surface area (Å²) in [6.45, 7) is 1.66. The van der Waals surface area contributed by atoms with Crippen molar-refractivity contribution in [1.29, 1.82) is 0 Å². The Balaban J connectivity index is 2.09. The van der Waals surface area contributed by atoms with Gasteiger partial charge in [-0.25, -0.2) is 17.2 Å². The number of rotatable bonds is 3. The molecule has 1 atom stereocenters. The lowest BCUT2D eigenvalue weighted by Crippen LogP contribution is -2.38. The van der Waals surface area contributed by atoms with Gasteiger partial charge in [-0.15, -0.1) is 0 Å². The maximum atomic E-state index is 13.1. The van der Waals surface area contributed by atoms with Crippen LogP contribution in [-0.4, -0.2) is 30.2 Å². The first-order chi connectivity index (χ1) is 11.3. The van der Waals surface area contributed by atoms with E-state index >= 15 is 0 Å². The van der Waals surface area contributed by atoms with Crippen molar-refractivity contribution in [2.75, 3.05) is 7.11 Å². The SMILES string of the molecule is COC(=O)c1ccc2c(ccn2S(=O)(=O)C2(C)C=CC(N)=CC2)c1. The second kappa shape index (κ2) is 5.52. The van der Waals surface area contributed by atoms with Crippen LogP contribution in [0.3, 0.4) is 0 Å². The average Bonchev–Trinajstić information content (AvgIpc) is 3.00. The van der Waals surface area contributed by atoms with Gasteiger partial charge in [0, 0.05) is 17.3 Å². The van der Waals surface area contributed by atoms with Gasteiger partial charge in [0.2, 0.25) is 10.0 Å². The minimum Gasteiger partial charge on any atom is -0.465 e. The van der Waals surface area contributed by atoms with Crippen LogP contribution in [-0.2, 0) is 14.8 Å². The number of hydrogen-bond donors (Lipinski definition) is 1. The Labute approximate surface area is 140 Å². The number of allylic oxidation sites excluding steroid dienone is 2. The summed E-state index contributed by atoms with van der Waals surface area (Å²) in [6, 6.07) is 6.44. The van der Waals surface area contributed by atoms with Gasteiger partial charge in [-0.3, -0.25) is 0 Å². The fourth-order valence-corrected chi connectivity index (χ4v) is 4.35. The van der Waals surface area contributed by atoms with Gasteiger partial charge in [-0.05, 0) is 43.7 Å². The largest absolute Gasteiger partial charge is 0.465 e. The van der Waals surface area contributed by atoms with E-state index in [-0.39, 0.29) is 0 Å². The summed E-state index contributed by atoms with van der Waals surface area (Å²) in [5.74, 6) is -0.463. The first kappa shape index (κ1) is 16.3. The molecule has 1 aromatic heterocycles. The van der Waals surface area contributed by atoms with Gasteiger partial charge in [-0.2, -0.15) is 0 Å². The van der Waals surface area contributed by atoms with Gasteiger partial charge in [0.25, 0.3) is 0 Å². The average molecular weight is 346 g/mol. The molecule has 0 saturated heterocycles. The Bertz CT molecular complexity index is 985. The van der Waals surface area contributed by atoms with Crippen LogP contribution >= 0.6 is 0 Å². The lowest BCUT2D eigenvalue weighted by Gasteiger charge is -2.28. The Morgan fingerprint density at radius 3 is 2.71 bits per heavy atom. The zero-order chi connectivity index (χ0) is 17.5. The fraction of sp³-hybridized carbons (Fsp3) is 0.235. The highest BCUT2D eigenvalue weighted by molar-refractivity contribution is 7.91. The Morgan fingerprint density at radius 2 is 2.08 bits per heavy atom. The van der Waals surface area contributed by atoms with E-state index in [1.54, 1.807) is 49.4 Å². The lowest BCUT2D eigenvalue weighted by atomic mass is 10.0. The van der Waals surface area contributed by atoms with Crippen LogP contribution in [0.5, 0.6) is 0 Å². The molecule has 0 amide bonds. The summed E-state index contributed by atoms with van der Waals surface area (Å²) in [5, 5.41) is 0.653. The van der Waals surface area contributed by atoms with Crippen LogP contribution in [0.4, 0.5) is 0 Å². The summed E-state index contributed by atoms with van der Waals surface area (Å²) >= 11 is 0. The second-order valence-corrected chi connectivity index (χ2v) is 8.21. The van der Waals surface area contributed by atoms with Crippen molar-refractivity contribution in [3.05, 3.63) is 60.0 Å². The van der Waals surface area contributed by atoms with Gasteiger partial charge in [0.1, 0.15) is 4.75 Å². The van der Waals surface area contributed by atoms with E-state index in [1.165, 1.54) is 17.3 Å². The zero-order valence-electron chi connectivity index (χ0n) is 13.4. The van der Waals surface area contributed by atoms with Crippen LogP contribution in [0.25, 0.3) is 10.9 Å². The molecule has 0 radical (unpaired) electrons. The molecule has 0 saturated carbocycles. The Hall–Kier alpha value is -2.54. The topological polar surface area (TPSA) is 91.4 Å². The van der Waals surface area contributed by atoms with Crippen molar-refractivity contribution < 1.29 is 17.9 Å². The predicted octanol–water partition coefficient (Wildman–Crippen LogP) is 2.17. The zero-order valence-corrected chi connectivity index (χ0v) is 14.2. The summed E-state index contributed by atoms with van der Waals surface area (Å²) in [6.07, 6.45) is 6.74. The van der Waals surface area contributed by atoms with E-state index in [0.717, 1.165) is 0 Å². The third-order valence-corrected chi connectivity index (χ3v) is 6.61. The number of aromatic nitrogens is 1. The molecular weight excluding hydrogens is 328 g/mol. The van der Waals surface area contributed by atoms with Gasteiger partial charge in [0.15, 0.2) is 0 Å². The number of nitrogens with two attached hydrogens (primary N) is 1. The molecule has 1 aromatic carbocycles. The van der Waals surface area contributed by atoms with E-state index in [2.05, 4.69) is 4.74 Å². The number of methoxy groups -OCH3 is 1. The molecule has 0 bridgehead atoms. The molecule has 0 spiro atoms. The van der Waals surface area contributed by atoms with Crippen molar-refractivity contribution in [2.24, 2.45) is 5.73 Å². The third kappa shape index (κ3) is 2.41. The van der Waals surface area contributed by atoms with Crippen LogP contribution < -0.4 is 5.73 Å². The van der Waals surface area contributed by atoms with Crippen LogP contribution in [0.2, 0.25) is 0 Å². The number of esters is 1. The van der Waals surface area contributed by atoms with Crippen molar-refractivity contribution in [3.63, 3.8) is 0 Å². The number of ether oxygens (including phenoxy) is 1. The van der Waals surface area contributed by atoms with Crippen molar-refractivity contribution in [1.82, 2.24) is 3.97 Å².